The van der Waals surface area contributed by atoms with Crippen molar-refractivity contribution >= 4 is 10.0 Å². The zero-order valence-electron chi connectivity index (χ0n) is 12.8. The molecule has 2 rings (SSSR count). The molecule has 0 aliphatic carbocycles. The molecule has 0 aliphatic heterocycles. The molecule has 2 aromatic carbocycles. The summed E-state index contributed by atoms with van der Waals surface area (Å²) in [5.41, 5.74) is 2.96. The molecule has 0 unspecified atom stereocenters. The number of sulfonamides is 1. The lowest BCUT2D eigenvalue weighted by molar-refractivity contribution is 0.217. The van der Waals surface area contributed by atoms with Crippen LogP contribution in [0.1, 0.15) is 22.7 Å². The smallest absolute Gasteiger partial charge is 0.214 e. The van der Waals surface area contributed by atoms with Crippen LogP contribution >= 0.6 is 0 Å². The molecule has 118 valence electrons. The van der Waals surface area contributed by atoms with E-state index in [9.17, 15) is 8.42 Å². The van der Waals surface area contributed by atoms with Gasteiger partial charge in [-0.3, -0.25) is 0 Å². The molecular weight excluding hydrogens is 298 g/mol. The van der Waals surface area contributed by atoms with Crippen molar-refractivity contribution in [3.05, 3.63) is 71.3 Å². The largest absolute Gasteiger partial charge is 0.384 e. The number of benzene rings is 2. The van der Waals surface area contributed by atoms with Gasteiger partial charge in [0, 0.05) is 7.11 Å². The molecule has 0 amide bonds. The van der Waals surface area contributed by atoms with Crippen molar-refractivity contribution in [2.24, 2.45) is 0 Å². The Balaban J connectivity index is 2.32. The van der Waals surface area contributed by atoms with E-state index < -0.39 is 16.1 Å². The predicted molar refractivity (Wildman–Crippen MR) is 88.3 cm³/mol. The molecule has 4 nitrogen and oxygen atoms in total. The molecule has 0 spiro atoms. The van der Waals surface area contributed by atoms with Crippen LogP contribution in [-0.4, -0.2) is 27.9 Å². The second-order valence-corrected chi connectivity index (χ2v) is 7.06. The first-order valence-electron chi connectivity index (χ1n) is 7.12. The normalized spacial score (nSPS) is 13.0. The lowest BCUT2D eigenvalue weighted by Gasteiger charge is -2.20. The van der Waals surface area contributed by atoms with Gasteiger partial charge in [0.1, 0.15) is 0 Å². The Kier molecular flexibility index (Phi) is 5.71. The van der Waals surface area contributed by atoms with Crippen LogP contribution in [0.5, 0.6) is 0 Å². The number of hydrogen-bond donors (Lipinski definition) is 1. The van der Waals surface area contributed by atoms with Crippen LogP contribution in [0.4, 0.5) is 0 Å². The van der Waals surface area contributed by atoms with E-state index in [2.05, 4.69) is 4.72 Å². The van der Waals surface area contributed by atoms with Gasteiger partial charge in [-0.15, -0.1) is 0 Å². The predicted octanol–water partition coefficient (Wildman–Crippen LogP) is 2.65. The standard InChI is InChI=1S/C17H21NO3S/c1-14-8-10-16(11-9-14)17(15-6-4-3-5-7-15)18-22(19,20)13-12-21-2/h3-11,17-18H,12-13H2,1-2H3/t17-/m1/s1. The SMILES string of the molecule is COCCS(=O)(=O)N[C@H](c1ccccc1)c1ccc(C)cc1. The highest BCUT2D eigenvalue weighted by molar-refractivity contribution is 7.89. The fourth-order valence-electron chi connectivity index (χ4n) is 2.16. The molecule has 1 atom stereocenters. The summed E-state index contributed by atoms with van der Waals surface area (Å²) in [6.07, 6.45) is 0. The summed E-state index contributed by atoms with van der Waals surface area (Å²) in [6.45, 7) is 2.18. The summed E-state index contributed by atoms with van der Waals surface area (Å²) in [7, 11) is -1.93. The summed E-state index contributed by atoms with van der Waals surface area (Å²) >= 11 is 0. The van der Waals surface area contributed by atoms with E-state index in [-0.39, 0.29) is 12.4 Å². The molecule has 0 aliphatic rings. The van der Waals surface area contributed by atoms with Crippen molar-refractivity contribution in [1.82, 2.24) is 4.72 Å². The molecule has 0 heterocycles. The molecule has 0 bridgehead atoms. The van der Waals surface area contributed by atoms with E-state index in [0.717, 1.165) is 16.7 Å². The molecule has 0 radical (unpaired) electrons. The highest BCUT2D eigenvalue weighted by Crippen LogP contribution is 2.23. The lowest BCUT2D eigenvalue weighted by Crippen LogP contribution is -2.32. The average Bonchev–Trinajstić information content (AvgIpc) is 2.53. The topological polar surface area (TPSA) is 55.4 Å². The van der Waals surface area contributed by atoms with Crippen molar-refractivity contribution in [2.75, 3.05) is 19.5 Å². The first kappa shape index (κ1) is 16.7. The van der Waals surface area contributed by atoms with Gasteiger partial charge in [0.05, 0.1) is 18.4 Å². The van der Waals surface area contributed by atoms with E-state index in [4.69, 9.17) is 4.74 Å². The summed E-state index contributed by atoms with van der Waals surface area (Å²) in [4.78, 5) is 0. The second kappa shape index (κ2) is 7.54. The molecular formula is C17H21NO3S. The molecule has 0 saturated carbocycles. The number of hydrogen-bond acceptors (Lipinski definition) is 3. The third kappa shape index (κ3) is 4.66. The van der Waals surface area contributed by atoms with Gasteiger partial charge in [-0.05, 0) is 18.1 Å². The first-order chi connectivity index (χ1) is 10.5. The Morgan fingerprint density at radius 1 is 1.00 bits per heavy atom. The van der Waals surface area contributed by atoms with Crippen molar-refractivity contribution in [1.29, 1.82) is 0 Å². The molecule has 1 N–H and O–H groups in total. The number of aryl methyl sites for hydroxylation is 1. The Morgan fingerprint density at radius 2 is 1.59 bits per heavy atom. The molecule has 0 aromatic heterocycles. The third-order valence-electron chi connectivity index (χ3n) is 3.40. The van der Waals surface area contributed by atoms with Crippen LogP contribution in [0, 0.1) is 6.92 Å². The maximum atomic E-state index is 12.2. The van der Waals surface area contributed by atoms with Crippen LogP contribution in [-0.2, 0) is 14.8 Å². The second-order valence-electron chi connectivity index (χ2n) is 5.18. The Bertz CT molecular complexity index is 682. The van der Waals surface area contributed by atoms with Gasteiger partial charge < -0.3 is 4.74 Å². The van der Waals surface area contributed by atoms with Crippen LogP contribution in [0.15, 0.2) is 54.6 Å². The van der Waals surface area contributed by atoms with Crippen molar-refractivity contribution < 1.29 is 13.2 Å². The van der Waals surface area contributed by atoms with Gasteiger partial charge >= 0.3 is 0 Å². The lowest BCUT2D eigenvalue weighted by atomic mass is 9.99. The van der Waals surface area contributed by atoms with Crippen LogP contribution < -0.4 is 4.72 Å². The Hall–Kier alpha value is -1.69. The summed E-state index contributed by atoms with van der Waals surface area (Å²) in [5.74, 6) is -0.0569. The molecule has 0 saturated heterocycles. The van der Waals surface area contributed by atoms with Crippen LogP contribution in [0.3, 0.4) is 0 Å². The fraction of sp³-hybridized carbons (Fsp3) is 0.294. The Morgan fingerprint density at radius 3 is 2.18 bits per heavy atom. The number of nitrogens with one attached hydrogen (secondary N) is 1. The zero-order chi connectivity index (χ0) is 16.0. The van der Waals surface area contributed by atoms with Crippen LogP contribution in [0.2, 0.25) is 0 Å². The molecule has 2 aromatic rings. The molecule has 0 fully saturated rings. The summed E-state index contributed by atoms with van der Waals surface area (Å²) < 4.78 is 32.1. The number of ether oxygens (including phenoxy) is 1. The van der Waals surface area contributed by atoms with Gasteiger partial charge in [0.2, 0.25) is 10.0 Å². The van der Waals surface area contributed by atoms with Gasteiger partial charge in [-0.1, -0.05) is 60.2 Å². The van der Waals surface area contributed by atoms with E-state index in [1.54, 1.807) is 0 Å². The van der Waals surface area contributed by atoms with E-state index in [0.29, 0.717) is 0 Å². The quantitative estimate of drug-likeness (QED) is 0.853. The van der Waals surface area contributed by atoms with Gasteiger partial charge in [0.15, 0.2) is 0 Å². The zero-order valence-corrected chi connectivity index (χ0v) is 13.6. The van der Waals surface area contributed by atoms with Crippen molar-refractivity contribution in [2.45, 2.75) is 13.0 Å². The minimum Gasteiger partial charge on any atom is -0.384 e. The number of rotatable bonds is 7. The minimum absolute atomic E-state index is 0.0569. The highest BCUT2D eigenvalue weighted by Gasteiger charge is 2.20. The summed E-state index contributed by atoms with van der Waals surface area (Å²) in [5, 5.41) is 0. The first-order valence-corrected chi connectivity index (χ1v) is 8.77. The van der Waals surface area contributed by atoms with Gasteiger partial charge in [0.25, 0.3) is 0 Å². The monoisotopic (exact) mass is 319 g/mol. The fourth-order valence-corrected chi connectivity index (χ4v) is 3.30. The van der Waals surface area contributed by atoms with Crippen molar-refractivity contribution in [3.8, 4) is 0 Å². The summed E-state index contributed by atoms with van der Waals surface area (Å²) in [6, 6.07) is 17.0. The van der Waals surface area contributed by atoms with E-state index in [1.807, 2.05) is 61.5 Å². The van der Waals surface area contributed by atoms with Crippen LogP contribution in [0.25, 0.3) is 0 Å². The van der Waals surface area contributed by atoms with Gasteiger partial charge in [-0.25, -0.2) is 13.1 Å². The van der Waals surface area contributed by atoms with Crippen molar-refractivity contribution in [3.63, 3.8) is 0 Å². The van der Waals surface area contributed by atoms with E-state index >= 15 is 0 Å². The highest BCUT2D eigenvalue weighted by atomic mass is 32.2. The third-order valence-corrected chi connectivity index (χ3v) is 4.70. The molecule has 5 heteroatoms. The maximum Gasteiger partial charge on any atom is 0.214 e. The Labute approximate surface area is 132 Å². The molecule has 22 heavy (non-hydrogen) atoms. The average molecular weight is 319 g/mol. The maximum absolute atomic E-state index is 12.2. The van der Waals surface area contributed by atoms with Gasteiger partial charge in [-0.2, -0.15) is 0 Å². The number of methoxy groups -OCH3 is 1. The van der Waals surface area contributed by atoms with E-state index in [1.165, 1.54) is 7.11 Å². The minimum atomic E-state index is -3.42.